The molecule has 86 valence electrons. The Morgan fingerprint density at radius 1 is 1.71 bits per heavy atom. The highest BCUT2D eigenvalue weighted by Crippen LogP contribution is 2.16. The van der Waals surface area contributed by atoms with Gasteiger partial charge >= 0.3 is 5.97 Å². The summed E-state index contributed by atoms with van der Waals surface area (Å²) in [5.74, 6) is -0.840. The standard InChI is InChI=1S/C7H3ClN6O3/c8-3-1-10-6-4(12-3)5(13-17-6)7(15)16-2-11-14-9/h1H,2H2. The topological polar surface area (TPSA) is 127 Å². The van der Waals surface area contributed by atoms with Crippen molar-refractivity contribution in [2.75, 3.05) is 6.73 Å². The summed E-state index contributed by atoms with van der Waals surface area (Å²) in [6.07, 6.45) is 1.25. The van der Waals surface area contributed by atoms with Crippen molar-refractivity contribution in [1.82, 2.24) is 15.1 Å². The van der Waals surface area contributed by atoms with Gasteiger partial charge in [0.05, 0.1) is 6.20 Å². The molecule has 2 heterocycles. The van der Waals surface area contributed by atoms with E-state index >= 15 is 0 Å². The van der Waals surface area contributed by atoms with Crippen LogP contribution in [-0.2, 0) is 4.74 Å². The van der Waals surface area contributed by atoms with E-state index in [0.29, 0.717) is 0 Å². The van der Waals surface area contributed by atoms with Crippen LogP contribution >= 0.6 is 11.6 Å². The van der Waals surface area contributed by atoms with E-state index in [1.807, 2.05) is 0 Å². The smallest absolute Gasteiger partial charge is 0.363 e. The number of esters is 1. The molecule has 0 aliphatic carbocycles. The molecule has 10 heteroatoms. The molecule has 2 aromatic rings. The Labute approximate surface area is 98.0 Å². The molecule has 0 aromatic carbocycles. The predicted octanol–water partition coefficient (Wildman–Crippen LogP) is 1.70. The Hall–Kier alpha value is -2.38. The molecule has 0 bridgehead atoms. The lowest BCUT2D eigenvalue weighted by Crippen LogP contribution is -2.06. The molecule has 0 aliphatic rings. The molecule has 0 fully saturated rings. The number of carbonyl (C=O) groups is 1. The van der Waals surface area contributed by atoms with Gasteiger partial charge in [-0.3, -0.25) is 0 Å². The van der Waals surface area contributed by atoms with Gasteiger partial charge in [0, 0.05) is 4.91 Å². The monoisotopic (exact) mass is 254 g/mol. The van der Waals surface area contributed by atoms with Crippen molar-refractivity contribution in [3.8, 4) is 0 Å². The SMILES string of the molecule is [N-]=[N+]=NCOC(=O)c1noc2ncc(Cl)nc12. The van der Waals surface area contributed by atoms with Gasteiger partial charge in [-0.25, -0.2) is 14.8 Å². The van der Waals surface area contributed by atoms with Crippen LogP contribution in [0, 0.1) is 0 Å². The predicted molar refractivity (Wildman–Crippen MR) is 54.0 cm³/mol. The average Bonchev–Trinajstić information content (AvgIpc) is 2.72. The van der Waals surface area contributed by atoms with Gasteiger partial charge in [0.25, 0.3) is 5.71 Å². The minimum absolute atomic E-state index is 0.0603. The summed E-state index contributed by atoms with van der Waals surface area (Å²) in [7, 11) is 0. The normalized spacial score (nSPS) is 9.94. The van der Waals surface area contributed by atoms with Gasteiger partial charge in [-0.1, -0.05) is 21.9 Å². The molecule has 0 saturated heterocycles. The maximum absolute atomic E-state index is 11.5. The number of nitrogens with zero attached hydrogens (tertiary/aromatic N) is 6. The van der Waals surface area contributed by atoms with E-state index in [2.05, 4.69) is 29.9 Å². The Bertz CT molecular complexity index is 619. The first-order chi connectivity index (χ1) is 8.22. The van der Waals surface area contributed by atoms with Crippen molar-refractivity contribution in [3.63, 3.8) is 0 Å². The van der Waals surface area contributed by atoms with Crippen LogP contribution in [0.2, 0.25) is 5.15 Å². The Kier molecular flexibility index (Phi) is 3.03. The van der Waals surface area contributed by atoms with E-state index in [-0.39, 0.29) is 22.1 Å². The third kappa shape index (κ3) is 2.25. The van der Waals surface area contributed by atoms with Gasteiger partial charge in [-0.2, -0.15) is 0 Å². The van der Waals surface area contributed by atoms with Gasteiger partial charge in [-0.05, 0) is 5.53 Å². The molecule has 0 aliphatic heterocycles. The molecule has 0 radical (unpaired) electrons. The van der Waals surface area contributed by atoms with Crippen LogP contribution < -0.4 is 0 Å². The van der Waals surface area contributed by atoms with E-state index in [0.717, 1.165) is 0 Å². The molecule has 0 saturated carbocycles. The maximum atomic E-state index is 11.5. The molecule has 0 spiro atoms. The number of hydrogen-bond acceptors (Lipinski definition) is 7. The van der Waals surface area contributed by atoms with E-state index < -0.39 is 12.7 Å². The Morgan fingerprint density at radius 3 is 3.29 bits per heavy atom. The number of rotatable bonds is 3. The van der Waals surface area contributed by atoms with E-state index in [4.69, 9.17) is 21.7 Å². The quantitative estimate of drug-likeness (QED) is 0.355. The van der Waals surface area contributed by atoms with Gasteiger partial charge in [0.15, 0.2) is 12.2 Å². The fourth-order valence-corrected chi connectivity index (χ4v) is 1.16. The summed E-state index contributed by atoms with van der Waals surface area (Å²) < 4.78 is 9.33. The van der Waals surface area contributed by atoms with Crippen molar-refractivity contribution < 1.29 is 14.1 Å². The third-order valence-electron chi connectivity index (χ3n) is 1.67. The Morgan fingerprint density at radius 2 is 2.53 bits per heavy atom. The van der Waals surface area contributed by atoms with Crippen LogP contribution in [0.25, 0.3) is 21.7 Å². The maximum Gasteiger partial charge on any atom is 0.363 e. The summed E-state index contributed by atoms with van der Waals surface area (Å²) >= 11 is 5.62. The highest BCUT2D eigenvalue weighted by Gasteiger charge is 2.19. The number of halogens is 1. The number of aromatic nitrogens is 3. The van der Waals surface area contributed by atoms with Crippen molar-refractivity contribution in [2.45, 2.75) is 0 Å². The number of carbonyl (C=O) groups excluding carboxylic acids is 1. The van der Waals surface area contributed by atoms with E-state index in [1.54, 1.807) is 0 Å². The summed E-state index contributed by atoms with van der Waals surface area (Å²) in [6, 6.07) is 0. The molecule has 0 N–H and O–H groups in total. The molecule has 2 rings (SSSR count). The fraction of sp³-hybridized carbons (Fsp3) is 0.143. The minimum atomic E-state index is -0.840. The summed E-state index contributed by atoms with van der Waals surface area (Å²) in [6.45, 7) is -0.447. The molecule has 0 atom stereocenters. The molecule has 2 aromatic heterocycles. The Balaban J connectivity index is 2.31. The summed E-state index contributed by atoms with van der Waals surface area (Å²) in [5, 5.41) is 6.57. The van der Waals surface area contributed by atoms with Gasteiger partial charge in [0.2, 0.25) is 5.69 Å². The number of ether oxygens (including phenoxy) is 1. The third-order valence-corrected chi connectivity index (χ3v) is 1.85. The molecule has 9 nitrogen and oxygen atoms in total. The van der Waals surface area contributed by atoms with Gasteiger partial charge < -0.3 is 9.26 Å². The summed E-state index contributed by atoms with van der Waals surface area (Å²) in [5.41, 5.74) is 7.98. The number of hydrogen-bond donors (Lipinski definition) is 0. The molecule has 0 amide bonds. The molecule has 0 unspecified atom stereocenters. The second-order valence-electron chi connectivity index (χ2n) is 2.67. The fourth-order valence-electron chi connectivity index (χ4n) is 1.03. The van der Waals surface area contributed by atoms with Crippen LogP contribution in [0.15, 0.2) is 15.8 Å². The summed E-state index contributed by atoms with van der Waals surface area (Å²) in [4.78, 5) is 21.5. The number of fused-ring (bicyclic) bond motifs is 1. The lowest BCUT2D eigenvalue weighted by molar-refractivity contribution is 0.0506. The van der Waals surface area contributed by atoms with Crippen molar-refractivity contribution >= 4 is 28.8 Å². The van der Waals surface area contributed by atoms with Gasteiger partial charge in [-0.15, -0.1) is 0 Å². The van der Waals surface area contributed by atoms with Crippen LogP contribution in [0.1, 0.15) is 10.5 Å². The zero-order valence-electron chi connectivity index (χ0n) is 8.07. The van der Waals surface area contributed by atoms with Crippen molar-refractivity contribution in [1.29, 1.82) is 0 Å². The van der Waals surface area contributed by atoms with Crippen LogP contribution in [-0.4, -0.2) is 27.8 Å². The lowest BCUT2D eigenvalue weighted by Gasteiger charge is -1.96. The first-order valence-electron chi connectivity index (χ1n) is 4.18. The minimum Gasteiger partial charge on any atom is -0.455 e. The highest BCUT2D eigenvalue weighted by atomic mass is 35.5. The zero-order chi connectivity index (χ0) is 12.3. The zero-order valence-corrected chi connectivity index (χ0v) is 8.83. The molecule has 17 heavy (non-hydrogen) atoms. The highest BCUT2D eigenvalue weighted by molar-refractivity contribution is 6.29. The van der Waals surface area contributed by atoms with Crippen LogP contribution in [0.5, 0.6) is 0 Å². The number of azide groups is 1. The van der Waals surface area contributed by atoms with E-state index in [1.165, 1.54) is 6.20 Å². The first-order valence-corrected chi connectivity index (χ1v) is 4.56. The van der Waals surface area contributed by atoms with Crippen LogP contribution in [0.4, 0.5) is 0 Å². The molecular weight excluding hydrogens is 252 g/mol. The second-order valence-corrected chi connectivity index (χ2v) is 3.06. The van der Waals surface area contributed by atoms with E-state index in [9.17, 15) is 4.79 Å². The van der Waals surface area contributed by atoms with Gasteiger partial charge in [0.1, 0.15) is 5.15 Å². The van der Waals surface area contributed by atoms with Crippen molar-refractivity contribution in [2.24, 2.45) is 5.11 Å². The van der Waals surface area contributed by atoms with Crippen molar-refractivity contribution in [3.05, 3.63) is 27.5 Å². The second kappa shape index (κ2) is 4.64. The molecular formula is C7H3ClN6O3. The lowest BCUT2D eigenvalue weighted by atomic mass is 10.4. The van der Waals surface area contributed by atoms with Crippen LogP contribution in [0.3, 0.4) is 0 Å². The average molecular weight is 255 g/mol. The first kappa shape index (κ1) is 11.1. The largest absolute Gasteiger partial charge is 0.455 e.